The quantitative estimate of drug-likeness (QED) is 0.798. The number of ether oxygens (including phenoxy) is 5. The SMILES string of the molecule is COc1cc2c(c(OC)c1OC)CC[C@H](NC(C)=O)c1c-2ccc(OC)c1OC. The Hall–Kier alpha value is -3.09. The first kappa shape index (κ1) is 20.6. The fourth-order valence-electron chi connectivity index (χ4n) is 4.06. The Morgan fingerprint density at radius 3 is 2.07 bits per heavy atom. The number of methoxy groups -OCH3 is 5. The number of fused-ring (bicyclic) bond motifs is 3. The minimum Gasteiger partial charge on any atom is -0.493 e. The molecule has 1 aliphatic carbocycles. The molecule has 1 aliphatic rings. The topological polar surface area (TPSA) is 75.2 Å². The number of nitrogens with one attached hydrogen (secondary N) is 1. The molecule has 0 saturated carbocycles. The summed E-state index contributed by atoms with van der Waals surface area (Å²) in [6.45, 7) is 1.51. The first-order valence-corrected chi connectivity index (χ1v) is 9.34. The Morgan fingerprint density at radius 2 is 1.52 bits per heavy atom. The third-order valence-corrected chi connectivity index (χ3v) is 5.22. The van der Waals surface area contributed by atoms with Crippen molar-refractivity contribution in [3.63, 3.8) is 0 Å². The number of rotatable bonds is 6. The van der Waals surface area contributed by atoms with Gasteiger partial charge in [-0.05, 0) is 36.1 Å². The summed E-state index contributed by atoms with van der Waals surface area (Å²) in [7, 11) is 7.99. The van der Waals surface area contributed by atoms with E-state index in [1.54, 1.807) is 35.5 Å². The van der Waals surface area contributed by atoms with Gasteiger partial charge in [0, 0.05) is 18.1 Å². The van der Waals surface area contributed by atoms with Gasteiger partial charge in [-0.25, -0.2) is 0 Å². The fourth-order valence-corrected chi connectivity index (χ4v) is 4.06. The molecule has 0 aromatic heterocycles. The van der Waals surface area contributed by atoms with Gasteiger partial charge in [0.2, 0.25) is 11.7 Å². The summed E-state index contributed by atoms with van der Waals surface area (Å²) in [4.78, 5) is 11.9. The number of amides is 1. The maximum atomic E-state index is 11.9. The van der Waals surface area contributed by atoms with Gasteiger partial charge >= 0.3 is 0 Å². The average Bonchev–Trinajstić information content (AvgIpc) is 2.88. The standard InChI is InChI=1S/C22H27NO6/c1-12(24)23-16-9-7-14-15(11-18(26-3)22(29-6)20(14)27-4)13-8-10-17(25-2)21(28-5)19(13)16/h8,10-11,16H,7,9H2,1-6H3,(H,23,24)/t16-/m0/s1. The van der Waals surface area contributed by atoms with Gasteiger partial charge < -0.3 is 29.0 Å². The Bertz CT molecular complexity index is 924. The van der Waals surface area contributed by atoms with Crippen molar-refractivity contribution in [2.75, 3.05) is 35.5 Å². The van der Waals surface area contributed by atoms with E-state index in [9.17, 15) is 4.79 Å². The lowest BCUT2D eigenvalue weighted by atomic mass is 9.93. The van der Waals surface area contributed by atoms with Crippen molar-refractivity contribution >= 4 is 5.91 Å². The molecule has 1 atom stereocenters. The second-order valence-electron chi connectivity index (χ2n) is 6.73. The number of benzene rings is 2. The molecule has 0 fully saturated rings. The molecule has 0 radical (unpaired) electrons. The van der Waals surface area contributed by atoms with Crippen LogP contribution in [0.3, 0.4) is 0 Å². The third kappa shape index (κ3) is 3.52. The highest BCUT2D eigenvalue weighted by Gasteiger charge is 2.32. The van der Waals surface area contributed by atoms with Crippen LogP contribution >= 0.6 is 0 Å². The predicted octanol–water partition coefficient (Wildman–Crippen LogP) is 3.52. The van der Waals surface area contributed by atoms with Crippen LogP contribution in [0.4, 0.5) is 0 Å². The van der Waals surface area contributed by atoms with Crippen molar-refractivity contribution in [3.8, 4) is 39.9 Å². The smallest absolute Gasteiger partial charge is 0.217 e. The van der Waals surface area contributed by atoms with Crippen LogP contribution in [0.2, 0.25) is 0 Å². The number of hydrogen-bond acceptors (Lipinski definition) is 6. The van der Waals surface area contributed by atoms with Crippen LogP contribution < -0.4 is 29.0 Å². The van der Waals surface area contributed by atoms with Crippen molar-refractivity contribution in [2.45, 2.75) is 25.8 Å². The molecule has 0 heterocycles. The molecule has 156 valence electrons. The summed E-state index contributed by atoms with van der Waals surface area (Å²) in [6.07, 6.45) is 1.33. The van der Waals surface area contributed by atoms with Crippen molar-refractivity contribution in [2.24, 2.45) is 0 Å². The van der Waals surface area contributed by atoms with E-state index in [2.05, 4.69) is 5.32 Å². The highest BCUT2D eigenvalue weighted by Crippen LogP contribution is 2.52. The molecule has 0 spiro atoms. The molecule has 1 N–H and O–H groups in total. The highest BCUT2D eigenvalue weighted by atomic mass is 16.5. The average molecular weight is 401 g/mol. The lowest BCUT2D eigenvalue weighted by molar-refractivity contribution is -0.119. The minimum absolute atomic E-state index is 0.112. The van der Waals surface area contributed by atoms with Crippen LogP contribution in [0.25, 0.3) is 11.1 Å². The summed E-state index contributed by atoms with van der Waals surface area (Å²) in [5.74, 6) is 2.85. The normalized spacial score (nSPS) is 14.8. The van der Waals surface area contributed by atoms with E-state index in [0.717, 1.165) is 22.3 Å². The van der Waals surface area contributed by atoms with Crippen molar-refractivity contribution in [3.05, 3.63) is 29.3 Å². The minimum atomic E-state index is -0.248. The lowest BCUT2D eigenvalue weighted by Crippen LogP contribution is -2.26. The zero-order valence-corrected chi connectivity index (χ0v) is 17.7. The fraction of sp³-hybridized carbons (Fsp3) is 0.409. The molecule has 0 aliphatic heterocycles. The number of hydrogen-bond donors (Lipinski definition) is 1. The van der Waals surface area contributed by atoms with Gasteiger partial charge in [-0.1, -0.05) is 6.07 Å². The monoisotopic (exact) mass is 401 g/mol. The van der Waals surface area contributed by atoms with Crippen LogP contribution in [-0.2, 0) is 11.2 Å². The van der Waals surface area contributed by atoms with Crippen LogP contribution in [0.15, 0.2) is 18.2 Å². The molecule has 2 aromatic rings. The van der Waals surface area contributed by atoms with Crippen LogP contribution in [0.1, 0.15) is 30.5 Å². The van der Waals surface area contributed by atoms with Gasteiger partial charge in [-0.3, -0.25) is 4.79 Å². The zero-order valence-electron chi connectivity index (χ0n) is 17.7. The van der Waals surface area contributed by atoms with Gasteiger partial charge in [0.25, 0.3) is 0 Å². The van der Waals surface area contributed by atoms with E-state index >= 15 is 0 Å². The number of carbonyl (C=O) groups excluding carboxylic acids is 1. The summed E-state index contributed by atoms with van der Waals surface area (Å²) in [5.41, 5.74) is 3.73. The molecule has 1 amide bonds. The molecule has 29 heavy (non-hydrogen) atoms. The maximum Gasteiger partial charge on any atom is 0.217 e. The molecule has 0 unspecified atom stereocenters. The molecule has 7 heteroatoms. The van der Waals surface area contributed by atoms with E-state index in [-0.39, 0.29) is 11.9 Å². The van der Waals surface area contributed by atoms with Crippen molar-refractivity contribution < 1.29 is 28.5 Å². The van der Waals surface area contributed by atoms with E-state index in [1.807, 2.05) is 18.2 Å². The van der Waals surface area contributed by atoms with Crippen molar-refractivity contribution in [1.29, 1.82) is 0 Å². The Kier molecular flexibility index (Phi) is 6.06. The summed E-state index contributed by atoms with van der Waals surface area (Å²) >= 11 is 0. The third-order valence-electron chi connectivity index (χ3n) is 5.22. The first-order chi connectivity index (χ1) is 14.0. The Balaban J connectivity index is 2.37. The lowest BCUT2D eigenvalue weighted by Gasteiger charge is -2.23. The zero-order chi connectivity index (χ0) is 21.1. The molecular formula is C22H27NO6. The van der Waals surface area contributed by atoms with Crippen LogP contribution in [0, 0.1) is 0 Å². The maximum absolute atomic E-state index is 11.9. The van der Waals surface area contributed by atoms with Crippen molar-refractivity contribution in [1.82, 2.24) is 5.32 Å². The molecule has 7 nitrogen and oxygen atoms in total. The first-order valence-electron chi connectivity index (χ1n) is 9.34. The van der Waals surface area contributed by atoms with Gasteiger partial charge in [-0.15, -0.1) is 0 Å². The Morgan fingerprint density at radius 1 is 0.862 bits per heavy atom. The summed E-state index contributed by atoms with van der Waals surface area (Å²) in [5, 5.41) is 3.06. The van der Waals surface area contributed by atoms with E-state index in [4.69, 9.17) is 23.7 Å². The van der Waals surface area contributed by atoms with E-state index in [1.165, 1.54) is 6.92 Å². The predicted molar refractivity (Wildman–Crippen MR) is 110 cm³/mol. The van der Waals surface area contributed by atoms with E-state index < -0.39 is 0 Å². The molecule has 0 bridgehead atoms. The van der Waals surface area contributed by atoms with Gasteiger partial charge in [-0.2, -0.15) is 0 Å². The second-order valence-corrected chi connectivity index (χ2v) is 6.73. The highest BCUT2D eigenvalue weighted by molar-refractivity contribution is 5.83. The van der Waals surface area contributed by atoms with Gasteiger partial charge in [0.1, 0.15) is 0 Å². The molecule has 3 rings (SSSR count). The molecule has 0 saturated heterocycles. The molecule has 2 aromatic carbocycles. The molecular weight excluding hydrogens is 374 g/mol. The van der Waals surface area contributed by atoms with Gasteiger partial charge in [0.05, 0.1) is 41.6 Å². The summed E-state index contributed by atoms with van der Waals surface area (Å²) < 4.78 is 28.1. The van der Waals surface area contributed by atoms with Crippen LogP contribution in [0.5, 0.6) is 28.7 Å². The van der Waals surface area contributed by atoms with Gasteiger partial charge in [0.15, 0.2) is 23.0 Å². The number of carbonyl (C=O) groups is 1. The second kappa shape index (κ2) is 8.51. The summed E-state index contributed by atoms with van der Waals surface area (Å²) in [6, 6.07) is 5.53. The van der Waals surface area contributed by atoms with Crippen LogP contribution in [-0.4, -0.2) is 41.5 Å². The largest absolute Gasteiger partial charge is 0.493 e. The Labute approximate surface area is 170 Å². The van der Waals surface area contributed by atoms with E-state index in [0.29, 0.717) is 41.6 Å².